The van der Waals surface area contributed by atoms with E-state index in [1.807, 2.05) is 60.7 Å². The van der Waals surface area contributed by atoms with E-state index in [9.17, 15) is 9.59 Å². The Morgan fingerprint density at radius 1 is 0.794 bits per heavy atom. The molecule has 5 rings (SSSR count). The summed E-state index contributed by atoms with van der Waals surface area (Å²) in [7, 11) is 0. The van der Waals surface area contributed by atoms with Crippen LogP contribution in [0.25, 0.3) is 22.2 Å². The minimum atomic E-state index is -0.274. The zero-order chi connectivity index (χ0) is 23.3. The normalized spacial score (nSPS) is 10.8. The first kappa shape index (κ1) is 21.6. The van der Waals surface area contributed by atoms with Gasteiger partial charge in [0.2, 0.25) is 11.8 Å². The number of amides is 1. The minimum Gasteiger partial charge on any atom is -0.411 e. The van der Waals surface area contributed by atoms with Crippen LogP contribution in [0.3, 0.4) is 0 Å². The molecule has 166 valence electrons. The zero-order valence-corrected chi connectivity index (χ0v) is 18.8. The second kappa shape index (κ2) is 9.72. The lowest BCUT2D eigenvalue weighted by molar-refractivity contribution is -0.113. The Bertz CT molecular complexity index is 1480. The number of para-hydroxylation sites is 1. The van der Waals surface area contributed by atoms with Crippen LogP contribution in [0.4, 0.5) is 5.69 Å². The van der Waals surface area contributed by atoms with Gasteiger partial charge in [0, 0.05) is 16.7 Å². The van der Waals surface area contributed by atoms with Gasteiger partial charge in [-0.15, -0.1) is 10.2 Å². The van der Waals surface area contributed by atoms with Crippen molar-refractivity contribution in [3.63, 3.8) is 0 Å². The predicted octanol–water partition coefficient (Wildman–Crippen LogP) is 5.85. The Morgan fingerprint density at radius 2 is 1.53 bits per heavy atom. The summed E-state index contributed by atoms with van der Waals surface area (Å²) in [5.41, 5.74) is 2.27. The molecule has 0 bridgehead atoms. The molecule has 0 aliphatic rings. The zero-order valence-electron chi connectivity index (χ0n) is 18.0. The average molecular weight is 466 g/mol. The number of nitrogens with one attached hydrogen (secondary N) is 1. The summed E-state index contributed by atoms with van der Waals surface area (Å²) in [5.74, 6) is 0.0324. The van der Waals surface area contributed by atoms with Gasteiger partial charge in [0.05, 0.1) is 11.4 Å². The molecule has 0 atom stereocenters. The van der Waals surface area contributed by atoms with Crippen LogP contribution in [0.15, 0.2) is 107 Å². The molecular formula is C27H19N3O3S. The van der Waals surface area contributed by atoms with Crippen molar-refractivity contribution in [2.45, 2.75) is 5.22 Å². The molecule has 0 fully saturated rings. The lowest BCUT2D eigenvalue weighted by atomic mass is 10.0. The fraction of sp³-hybridized carbons (Fsp3) is 0.0370. The third-order valence-electron chi connectivity index (χ3n) is 5.21. The van der Waals surface area contributed by atoms with Crippen LogP contribution in [0, 0.1) is 0 Å². The van der Waals surface area contributed by atoms with E-state index in [4.69, 9.17) is 4.42 Å². The van der Waals surface area contributed by atoms with E-state index in [0.717, 1.165) is 28.1 Å². The highest BCUT2D eigenvalue weighted by molar-refractivity contribution is 7.99. The maximum atomic E-state index is 12.9. The van der Waals surface area contributed by atoms with Crippen molar-refractivity contribution in [3.05, 3.63) is 108 Å². The number of carbonyl (C=O) groups is 2. The molecule has 5 aromatic rings. The Kier molecular flexibility index (Phi) is 6.18. The van der Waals surface area contributed by atoms with Crippen molar-refractivity contribution >= 4 is 39.9 Å². The molecule has 0 aliphatic heterocycles. The van der Waals surface area contributed by atoms with Crippen LogP contribution in [0.2, 0.25) is 0 Å². The fourth-order valence-electron chi connectivity index (χ4n) is 3.56. The summed E-state index contributed by atoms with van der Waals surface area (Å²) < 4.78 is 5.75. The highest BCUT2D eigenvalue weighted by Gasteiger charge is 2.16. The van der Waals surface area contributed by atoms with Crippen molar-refractivity contribution in [2.75, 3.05) is 11.1 Å². The number of nitrogens with zero attached hydrogens (tertiary/aromatic N) is 2. The van der Waals surface area contributed by atoms with Crippen LogP contribution in [-0.2, 0) is 4.79 Å². The SMILES string of the molecule is O=C(CSc1nnc(-c2ccc3ccccc3c2)o1)Nc1ccccc1C(=O)c1ccccc1. The van der Waals surface area contributed by atoms with E-state index in [1.165, 1.54) is 0 Å². The molecule has 0 unspecified atom stereocenters. The molecule has 4 aromatic carbocycles. The quantitative estimate of drug-likeness (QED) is 0.240. The summed E-state index contributed by atoms with van der Waals surface area (Å²) in [4.78, 5) is 25.4. The van der Waals surface area contributed by atoms with Crippen LogP contribution in [-0.4, -0.2) is 27.6 Å². The van der Waals surface area contributed by atoms with Crippen molar-refractivity contribution < 1.29 is 14.0 Å². The summed E-state index contributed by atoms with van der Waals surface area (Å²) in [6.07, 6.45) is 0. The van der Waals surface area contributed by atoms with Crippen LogP contribution in [0.1, 0.15) is 15.9 Å². The van der Waals surface area contributed by atoms with E-state index in [1.54, 1.807) is 36.4 Å². The van der Waals surface area contributed by atoms with E-state index >= 15 is 0 Å². The van der Waals surface area contributed by atoms with E-state index in [2.05, 4.69) is 15.5 Å². The Hall–Kier alpha value is -4.23. The number of fused-ring (bicyclic) bond motifs is 1. The summed E-state index contributed by atoms with van der Waals surface area (Å²) in [5, 5.41) is 13.5. The predicted molar refractivity (Wildman–Crippen MR) is 133 cm³/mol. The van der Waals surface area contributed by atoms with Gasteiger partial charge < -0.3 is 9.73 Å². The highest BCUT2D eigenvalue weighted by Crippen LogP contribution is 2.27. The van der Waals surface area contributed by atoms with Crippen molar-refractivity contribution in [2.24, 2.45) is 0 Å². The lowest BCUT2D eigenvalue weighted by Crippen LogP contribution is -2.17. The van der Waals surface area contributed by atoms with Gasteiger partial charge in [-0.1, -0.05) is 84.6 Å². The Balaban J connectivity index is 1.24. The lowest BCUT2D eigenvalue weighted by Gasteiger charge is -2.10. The summed E-state index contributed by atoms with van der Waals surface area (Å²) in [6, 6.07) is 29.9. The van der Waals surface area contributed by atoms with Gasteiger partial charge in [-0.25, -0.2) is 0 Å². The summed E-state index contributed by atoms with van der Waals surface area (Å²) >= 11 is 1.14. The Labute approximate surface area is 200 Å². The van der Waals surface area contributed by atoms with Gasteiger partial charge in [-0.2, -0.15) is 0 Å². The van der Waals surface area contributed by atoms with E-state index in [-0.39, 0.29) is 17.4 Å². The van der Waals surface area contributed by atoms with Gasteiger partial charge in [-0.3, -0.25) is 9.59 Å². The average Bonchev–Trinajstić information content (AvgIpc) is 3.37. The molecule has 6 nitrogen and oxygen atoms in total. The number of aromatic nitrogens is 2. The molecule has 1 N–H and O–H groups in total. The van der Waals surface area contributed by atoms with Crippen molar-refractivity contribution in [1.29, 1.82) is 0 Å². The second-order valence-corrected chi connectivity index (χ2v) is 8.44. The Morgan fingerprint density at radius 3 is 2.38 bits per heavy atom. The largest absolute Gasteiger partial charge is 0.411 e. The molecule has 1 aromatic heterocycles. The number of carbonyl (C=O) groups excluding carboxylic acids is 2. The topological polar surface area (TPSA) is 85.1 Å². The first-order valence-corrected chi connectivity index (χ1v) is 11.6. The molecular weight excluding hydrogens is 446 g/mol. The summed E-state index contributed by atoms with van der Waals surface area (Å²) in [6.45, 7) is 0. The van der Waals surface area contributed by atoms with Crippen molar-refractivity contribution in [3.8, 4) is 11.5 Å². The third kappa shape index (κ3) is 4.74. The van der Waals surface area contributed by atoms with Gasteiger partial charge in [-0.05, 0) is 35.0 Å². The minimum absolute atomic E-state index is 0.0627. The number of hydrogen-bond acceptors (Lipinski definition) is 6. The van der Waals surface area contributed by atoms with Crippen LogP contribution >= 0.6 is 11.8 Å². The number of anilines is 1. The number of rotatable bonds is 7. The van der Waals surface area contributed by atoms with Crippen molar-refractivity contribution in [1.82, 2.24) is 10.2 Å². The molecule has 0 saturated carbocycles. The first-order valence-electron chi connectivity index (χ1n) is 10.6. The molecule has 7 heteroatoms. The molecule has 0 aliphatic carbocycles. The molecule has 0 saturated heterocycles. The maximum absolute atomic E-state index is 12.9. The fourth-order valence-corrected chi connectivity index (χ4v) is 4.12. The smallest absolute Gasteiger partial charge is 0.277 e. The molecule has 0 spiro atoms. The van der Waals surface area contributed by atoms with Crippen LogP contribution < -0.4 is 5.32 Å². The molecule has 1 amide bonds. The van der Waals surface area contributed by atoms with Gasteiger partial charge in [0.15, 0.2) is 5.78 Å². The molecule has 34 heavy (non-hydrogen) atoms. The number of thioether (sulfide) groups is 1. The monoisotopic (exact) mass is 465 g/mol. The second-order valence-electron chi connectivity index (χ2n) is 7.51. The van der Waals surface area contributed by atoms with E-state index in [0.29, 0.717) is 27.9 Å². The molecule has 1 heterocycles. The van der Waals surface area contributed by atoms with Gasteiger partial charge in [0.25, 0.3) is 5.22 Å². The third-order valence-corrected chi connectivity index (χ3v) is 6.03. The van der Waals surface area contributed by atoms with Gasteiger partial charge >= 0.3 is 0 Å². The van der Waals surface area contributed by atoms with Crippen LogP contribution in [0.5, 0.6) is 0 Å². The number of ketones is 1. The van der Waals surface area contributed by atoms with Gasteiger partial charge in [0.1, 0.15) is 0 Å². The number of benzene rings is 4. The highest BCUT2D eigenvalue weighted by atomic mass is 32.2. The number of hydrogen-bond donors (Lipinski definition) is 1. The first-order chi connectivity index (χ1) is 16.7. The van der Waals surface area contributed by atoms with E-state index < -0.39 is 0 Å². The molecule has 0 radical (unpaired) electrons. The maximum Gasteiger partial charge on any atom is 0.277 e. The standard InChI is InChI=1S/C27H19N3O3S/c31-24(28-23-13-7-6-12-22(23)25(32)19-9-2-1-3-10-19)17-34-27-30-29-26(33-27)21-15-14-18-8-4-5-11-20(18)16-21/h1-16H,17H2,(H,28,31).